The average molecular weight is 508 g/mol. The first kappa shape index (κ1) is 31.5. The molecule has 0 atom stereocenters. The molecular weight excluding hydrogens is 462 g/mol. The molecule has 8 heteroatoms. The zero-order valence-electron chi connectivity index (χ0n) is 21.1. The first-order valence-electron chi connectivity index (χ1n) is 12.0. The minimum absolute atomic E-state index is 0.0978. The molecule has 0 heterocycles. The Morgan fingerprint density at radius 2 is 1.41 bits per heavy atom. The molecule has 1 amide bonds. The third kappa shape index (κ3) is 19.0. The van der Waals surface area contributed by atoms with E-state index in [4.69, 9.17) is 21.7 Å². The fourth-order valence-corrected chi connectivity index (χ4v) is 5.87. The van der Waals surface area contributed by atoms with Crippen LogP contribution in [-0.2, 0) is 14.3 Å². The largest absolute Gasteiger partial charge is 0.463 e. The number of amides is 1. The Kier molecular flexibility index (Phi) is 17.7. The monoisotopic (exact) mass is 507 g/mol. The molecule has 0 aromatic rings. The van der Waals surface area contributed by atoms with E-state index in [-0.39, 0.29) is 19.1 Å². The van der Waals surface area contributed by atoms with E-state index < -0.39 is 16.4 Å². The number of unbranched alkanes of at least 4 members (excludes halogenated alkanes) is 9. The van der Waals surface area contributed by atoms with Gasteiger partial charge in [0.25, 0.3) is 0 Å². The lowest BCUT2D eigenvalue weighted by atomic mass is 10.1. The van der Waals surface area contributed by atoms with Crippen LogP contribution >= 0.6 is 35.7 Å². The fourth-order valence-electron chi connectivity index (χ4n) is 2.81. The number of hydrogen-bond donors (Lipinski definition) is 1. The van der Waals surface area contributed by atoms with Crippen LogP contribution in [0.25, 0.3) is 0 Å². The van der Waals surface area contributed by atoms with Gasteiger partial charge in [-0.25, -0.2) is 4.79 Å². The molecular formula is C24H45NO4S3. The molecule has 0 saturated carbocycles. The van der Waals surface area contributed by atoms with Crippen LogP contribution in [-0.4, -0.2) is 44.8 Å². The molecule has 32 heavy (non-hydrogen) atoms. The number of nitrogens with one attached hydrogen (secondary N) is 1. The fraction of sp³-hybridized carbons (Fsp3) is 0.875. The van der Waals surface area contributed by atoms with Crippen molar-refractivity contribution < 1.29 is 19.1 Å². The molecule has 0 aromatic heterocycles. The lowest BCUT2D eigenvalue weighted by molar-refractivity contribution is -0.145. The maximum Gasteiger partial charge on any atom is 0.407 e. The number of ether oxygens (including phenoxy) is 2. The first-order valence-corrected chi connectivity index (χ1v) is 14.2. The molecule has 5 nitrogen and oxygen atoms in total. The lowest BCUT2D eigenvalue weighted by Gasteiger charge is -2.22. The van der Waals surface area contributed by atoms with Crippen molar-refractivity contribution in [2.45, 2.75) is 116 Å². The third-order valence-electron chi connectivity index (χ3n) is 4.55. The van der Waals surface area contributed by atoms with Crippen LogP contribution in [0.1, 0.15) is 106 Å². The minimum atomic E-state index is -0.756. The highest BCUT2D eigenvalue weighted by Gasteiger charge is 2.32. The molecule has 188 valence electrons. The van der Waals surface area contributed by atoms with Crippen LogP contribution in [0, 0.1) is 0 Å². The summed E-state index contributed by atoms with van der Waals surface area (Å²) in [6, 6.07) is 0. The first-order chi connectivity index (χ1) is 15.0. The highest BCUT2D eigenvalue weighted by molar-refractivity contribution is 8.47. The van der Waals surface area contributed by atoms with Gasteiger partial charge in [0, 0.05) is 0 Å². The van der Waals surface area contributed by atoms with Gasteiger partial charge in [-0.1, -0.05) is 88.7 Å². The normalized spacial score (nSPS) is 11.8. The molecule has 0 radical (unpaired) electrons. The summed E-state index contributed by atoms with van der Waals surface area (Å²) in [7, 11) is 0. The molecule has 1 N–H and O–H groups in total. The van der Waals surface area contributed by atoms with Gasteiger partial charge in [0.15, 0.2) is 0 Å². The minimum Gasteiger partial charge on any atom is -0.463 e. The lowest BCUT2D eigenvalue weighted by Crippen LogP contribution is -2.36. The Hall–Kier alpha value is -0.470. The predicted molar refractivity (Wildman–Crippen MR) is 144 cm³/mol. The maximum absolute atomic E-state index is 12.4. The van der Waals surface area contributed by atoms with Gasteiger partial charge in [0.05, 0.1) is 6.54 Å². The van der Waals surface area contributed by atoms with E-state index in [2.05, 4.69) is 12.2 Å². The number of thiocarbonyl (C=S) groups is 1. The Labute approximate surface area is 210 Å². The number of thioether (sulfide) groups is 2. The van der Waals surface area contributed by atoms with Crippen LogP contribution < -0.4 is 5.32 Å². The maximum atomic E-state index is 12.4. The van der Waals surface area contributed by atoms with E-state index in [1.807, 2.05) is 13.8 Å². The zero-order chi connectivity index (χ0) is 24.5. The molecule has 0 aliphatic rings. The summed E-state index contributed by atoms with van der Waals surface area (Å²) >= 11 is 8.48. The van der Waals surface area contributed by atoms with Crippen molar-refractivity contribution in [3.05, 3.63) is 0 Å². The van der Waals surface area contributed by atoms with Crippen molar-refractivity contribution >= 4 is 51.3 Å². The van der Waals surface area contributed by atoms with Gasteiger partial charge in [0.1, 0.15) is 20.5 Å². The molecule has 0 fully saturated rings. The average Bonchev–Trinajstić information content (AvgIpc) is 2.67. The molecule has 0 bridgehead atoms. The second-order valence-electron chi connectivity index (χ2n) is 9.46. The van der Waals surface area contributed by atoms with Crippen LogP contribution in [0.2, 0.25) is 0 Å². The van der Waals surface area contributed by atoms with Gasteiger partial charge in [-0.05, 0) is 46.8 Å². The second-order valence-corrected chi connectivity index (χ2v) is 13.4. The number of carbonyl (C=O) groups is 2. The van der Waals surface area contributed by atoms with Crippen molar-refractivity contribution in [3.8, 4) is 0 Å². The van der Waals surface area contributed by atoms with Gasteiger partial charge in [-0.3, -0.25) is 4.79 Å². The summed E-state index contributed by atoms with van der Waals surface area (Å²) in [5.74, 6) is 0.656. The van der Waals surface area contributed by atoms with Gasteiger partial charge in [-0.2, -0.15) is 0 Å². The molecule has 0 aliphatic carbocycles. The summed E-state index contributed by atoms with van der Waals surface area (Å²) < 4.78 is 10.5. The quantitative estimate of drug-likeness (QED) is 0.132. The van der Waals surface area contributed by atoms with Crippen LogP contribution in [0.4, 0.5) is 4.79 Å². The summed E-state index contributed by atoms with van der Waals surface area (Å²) in [6.07, 6.45) is 12.7. The van der Waals surface area contributed by atoms with Crippen LogP contribution in [0.3, 0.4) is 0 Å². The summed E-state index contributed by atoms with van der Waals surface area (Å²) in [5, 5.41) is 2.58. The summed E-state index contributed by atoms with van der Waals surface area (Å²) in [4.78, 5) is 24.0. The topological polar surface area (TPSA) is 64.6 Å². The molecule has 0 aliphatic heterocycles. The van der Waals surface area contributed by atoms with E-state index in [1.54, 1.807) is 32.5 Å². The van der Waals surface area contributed by atoms with Crippen molar-refractivity contribution in [1.29, 1.82) is 0 Å². The Morgan fingerprint density at radius 1 is 0.875 bits per heavy atom. The molecule has 0 unspecified atom stereocenters. The predicted octanol–water partition coefficient (Wildman–Crippen LogP) is 7.51. The van der Waals surface area contributed by atoms with Crippen molar-refractivity contribution in [1.82, 2.24) is 5.32 Å². The number of hydrogen-bond acceptors (Lipinski definition) is 7. The zero-order valence-corrected chi connectivity index (χ0v) is 23.5. The number of esters is 1. The van der Waals surface area contributed by atoms with Crippen molar-refractivity contribution in [3.63, 3.8) is 0 Å². The van der Waals surface area contributed by atoms with Gasteiger partial charge in [0.2, 0.25) is 0 Å². The van der Waals surface area contributed by atoms with Crippen molar-refractivity contribution in [2.24, 2.45) is 0 Å². The second kappa shape index (κ2) is 17.9. The van der Waals surface area contributed by atoms with Crippen LogP contribution in [0.5, 0.6) is 0 Å². The molecule has 0 rings (SSSR count). The standard InChI is InChI=1S/C24H45NO4S3/c1-7-8-9-10-11-12-13-14-15-16-19-31-22(30)32-24(5,6)20(26)28-18-17-25-21(27)29-23(2,3)4/h7-19H2,1-6H3,(H,25,27). The summed E-state index contributed by atoms with van der Waals surface area (Å²) in [6.45, 7) is 11.6. The number of rotatable bonds is 16. The van der Waals surface area contributed by atoms with Gasteiger partial charge < -0.3 is 14.8 Å². The van der Waals surface area contributed by atoms with E-state index in [1.165, 1.54) is 69.5 Å². The van der Waals surface area contributed by atoms with Gasteiger partial charge >= 0.3 is 12.1 Å². The molecule has 0 spiro atoms. The molecule has 0 saturated heterocycles. The van der Waals surface area contributed by atoms with E-state index in [0.717, 1.165) is 15.7 Å². The van der Waals surface area contributed by atoms with Crippen LogP contribution in [0.15, 0.2) is 0 Å². The highest BCUT2D eigenvalue weighted by atomic mass is 32.2. The Bertz CT molecular complexity index is 548. The SMILES string of the molecule is CCCCCCCCCCCCSC(=S)SC(C)(C)C(=O)OCCNC(=O)OC(C)(C)C. The number of alkyl carbamates (subject to hydrolysis) is 1. The van der Waals surface area contributed by atoms with E-state index in [0.29, 0.717) is 0 Å². The number of carbonyl (C=O) groups excluding carboxylic acids is 2. The van der Waals surface area contributed by atoms with Crippen molar-refractivity contribution in [2.75, 3.05) is 18.9 Å². The Balaban J connectivity index is 3.83. The summed E-state index contributed by atoms with van der Waals surface area (Å²) in [5.41, 5.74) is -0.555. The van der Waals surface area contributed by atoms with E-state index in [9.17, 15) is 9.59 Å². The Morgan fingerprint density at radius 3 is 1.94 bits per heavy atom. The highest BCUT2D eigenvalue weighted by Crippen LogP contribution is 2.32. The van der Waals surface area contributed by atoms with Gasteiger partial charge in [-0.15, -0.1) is 11.8 Å². The smallest absolute Gasteiger partial charge is 0.407 e. The van der Waals surface area contributed by atoms with E-state index >= 15 is 0 Å². The third-order valence-corrected chi connectivity index (χ3v) is 7.33. The molecule has 0 aromatic carbocycles.